The van der Waals surface area contributed by atoms with Gasteiger partial charge in [0, 0.05) is 19.0 Å². The van der Waals surface area contributed by atoms with Crippen LogP contribution in [-0.4, -0.2) is 28.9 Å². The monoisotopic (exact) mass is 226 g/mol. The van der Waals surface area contributed by atoms with Gasteiger partial charge in [-0.05, 0) is 32.6 Å². The first kappa shape index (κ1) is 13.5. The molecule has 94 valence electrons. The Morgan fingerprint density at radius 1 is 1.50 bits per heavy atom. The van der Waals surface area contributed by atoms with E-state index in [4.69, 9.17) is 5.73 Å². The van der Waals surface area contributed by atoms with Crippen LogP contribution in [0.1, 0.15) is 53.4 Å². The quantitative estimate of drug-likeness (QED) is 0.798. The summed E-state index contributed by atoms with van der Waals surface area (Å²) in [5.74, 6) is 0.959. The van der Waals surface area contributed by atoms with Crippen molar-refractivity contribution < 1.29 is 4.79 Å². The molecule has 1 saturated heterocycles. The lowest BCUT2D eigenvalue weighted by molar-refractivity contribution is -0.134. The zero-order valence-corrected chi connectivity index (χ0v) is 11.1. The number of hydrogen-bond acceptors (Lipinski definition) is 2. The lowest BCUT2D eigenvalue weighted by atomic mass is 9.96. The van der Waals surface area contributed by atoms with E-state index in [1.54, 1.807) is 0 Å². The van der Waals surface area contributed by atoms with Crippen LogP contribution in [0.3, 0.4) is 0 Å². The highest BCUT2D eigenvalue weighted by Crippen LogP contribution is 2.28. The molecule has 1 amide bonds. The van der Waals surface area contributed by atoms with Crippen LogP contribution in [0, 0.1) is 5.92 Å². The summed E-state index contributed by atoms with van der Waals surface area (Å²) in [5, 5.41) is 0. The number of nitrogens with two attached hydrogens (primary N) is 1. The second-order valence-corrected chi connectivity index (χ2v) is 5.88. The zero-order valence-electron chi connectivity index (χ0n) is 11.1. The lowest BCUT2D eigenvalue weighted by Crippen LogP contribution is -2.51. The van der Waals surface area contributed by atoms with Crippen LogP contribution in [0.5, 0.6) is 0 Å². The molecule has 1 unspecified atom stereocenters. The van der Waals surface area contributed by atoms with Crippen LogP contribution in [0.4, 0.5) is 0 Å². The molecule has 1 atom stereocenters. The van der Waals surface area contributed by atoms with Crippen molar-refractivity contribution in [3.05, 3.63) is 0 Å². The topological polar surface area (TPSA) is 46.3 Å². The highest BCUT2D eigenvalue weighted by Gasteiger charge is 2.41. The molecule has 0 aromatic carbocycles. The van der Waals surface area contributed by atoms with E-state index in [0.717, 1.165) is 25.8 Å². The molecule has 3 heteroatoms. The molecule has 0 bridgehead atoms. The number of rotatable bonds is 4. The second-order valence-electron chi connectivity index (χ2n) is 5.88. The van der Waals surface area contributed by atoms with Gasteiger partial charge in [0.1, 0.15) is 0 Å². The summed E-state index contributed by atoms with van der Waals surface area (Å²) in [4.78, 5) is 14.0. The average Bonchev–Trinajstić information content (AvgIpc) is 2.41. The van der Waals surface area contributed by atoms with Crippen molar-refractivity contribution in [2.24, 2.45) is 11.7 Å². The molecule has 0 aliphatic carbocycles. The normalized spacial score (nSPS) is 24.1. The molecule has 1 rings (SSSR count). The summed E-state index contributed by atoms with van der Waals surface area (Å²) in [7, 11) is 0. The lowest BCUT2D eigenvalue weighted by Gasteiger charge is -2.34. The Hall–Kier alpha value is -0.570. The summed E-state index contributed by atoms with van der Waals surface area (Å²) in [6.45, 7) is 9.37. The smallest absolute Gasteiger partial charge is 0.223 e. The van der Waals surface area contributed by atoms with Gasteiger partial charge >= 0.3 is 0 Å². The van der Waals surface area contributed by atoms with Crippen LogP contribution in [0.15, 0.2) is 0 Å². The number of amides is 1. The summed E-state index contributed by atoms with van der Waals surface area (Å²) >= 11 is 0. The molecular weight excluding hydrogens is 200 g/mol. The van der Waals surface area contributed by atoms with Crippen molar-refractivity contribution in [2.75, 3.05) is 6.54 Å². The molecule has 1 fully saturated rings. The maximum atomic E-state index is 12.1. The molecule has 1 aliphatic heterocycles. The van der Waals surface area contributed by atoms with Crippen molar-refractivity contribution in [3.8, 4) is 0 Å². The van der Waals surface area contributed by atoms with E-state index in [9.17, 15) is 4.79 Å². The van der Waals surface area contributed by atoms with Gasteiger partial charge in [-0.25, -0.2) is 0 Å². The van der Waals surface area contributed by atoms with Crippen molar-refractivity contribution in [1.29, 1.82) is 0 Å². The molecule has 3 nitrogen and oxygen atoms in total. The van der Waals surface area contributed by atoms with Gasteiger partial charge in [-0.1, -0.05) is 20.3 Å². The van der Waals surface area contributed by atoms with Gasteiger partial charge in [0.05, 0.1) is 5.54 Å². The fourth-order valence-electron chi connectivity index (χ4n) is 2.35. The van der Waals surface area contributed by atoms with Crippen molar-refractivity contribution >= 4 is 5.91 Å². The van der Waals surface area contributed by atoms with Crippen molar-refractivity contribution in [1.82, 2.24) is 4.90 Å². The molecule has 0 saturated carbocycles. The summed E-state index contributed by atoms with van der Waals surface area (Å²) in [6.07, 6.45) is 3.74. The third kappa shape index (κ3) is 2.97. The predicted molar refractivity (Wildman–Crippen MR) is 67.1 cm³/mol. The van der Waals surface area contributed by atoms with Gasteiger partial charge in [-0.15, -0.1) is 0 Å². The molecule has 1 aliphatic rings. The van der Waals surface area contributed by atoms with Gasteiger partial charge in [0.15, 0.2) is 0 Å². The van der Waals surface area contributed by atoms with Crippen LogP contribution in [0.2, 0.25) is 0 Å². The second kappa shape index (κ2) is 5.17. The highest BCUT2D eigenvalue weighted by molar-refractivity contribution is 5.77. The number of carbonyl (C=O) groups excluding carboxylic acids is 1. The van der Waals surface area contributed by atoms with Gasteiger partial charge in [0.25, 0.3) is 0 Å². The van der Waals surface area contributed by atoms with E-state index in [1.807, 2.05) is 4.90 Å². The van der Waals surface area contributed by atoms with E-state index in [2.05, 4.69) is 27.7 Å². The first-order valence-corrected chi connectivity index (χ1v) is 6.41. The Bertz CT molecular complexity index is 248. The Morgan fingerprint density at radius 2 is 2.12 bits per heavy atom. The van der Waals surface area contributed by atoms with Gasteiger partial charge < -0.3 is 10.6 Å². The summed E-state index contributed by atoms with van der Waals surface area (Å²) in [5.41, 5.74) is 5.87. The standard InChI is InChI=1S/C13H26N2O/c1-10(2)6-5-7-12(16)15-9-8-11(14)13(15,3)4/h10-11H,5-9,14H2,1-4H3. The van der Waals surface area contributed by atoms with E-state index in [0.29, 0.717) is 12.3 Å². The Kier molecular flexibility index (Phi) is 4.36. The first-order chi connectivity index (χ1) is 7.35. The maximum absolute atomic E-state index is 12.1. The highest BCUT2D eigenvalue weighted by atomic mass is 16.2. The number of hydrogen-bond donors (Lipinski definition) is 1. The Labute approximate surface area is 99.4 Å². The first-order valence-electron chi connectivity index (χ1n) is 6.41. The van der Waals surface area contributed by atoms with Crippen LogP contribution >= 0.6 is 0 Å². The molecule has 0 aromatic heterocycles. The molecule has 1 heterocycles. The largest absolute Gasteiger partial charge is 0.336 e. The number of likely N-dealkylation sites (tertiary alicyclic amines) is 1. The van der Waals surface area contributed by atoms with Gasteiger partial charge in [-0.2, -0.15) is 0 Å². The molecule has 0 aromatic rings. The Balaban J connectivity index is 2.43. The van der Waals surface area contributed by atoms with E-state index >= 15 is 0 Å². The van der Waals surface area contributed by atoms with Gasteiger partial charge in [-0.3, -0.25) is 4.79 Å². The molecule has 0 radical (unpaired) electrons. The predicted octanol–water partition coefficient (Wildman–Crippen LogP) is 2.15. The minimum atomic E-state index is -0.158. The van der Waals surface area contributed by atoms with Crippen LogP contribution < -0.4 is 5.73 Å². The number of carbonyl (C=O) groups is 1. The molecule has 2 N–H and O–H groups in total. The average molecular weight is 226 g/mol. The van der Waals surface area contributed by atoms with E-state index in [1.165, 1.54) is 0 Å². The van der Waals surface area contributed by atoms with E-state index < -0.39 is 0 Å². The molecule has 16 heavy (non-hydrogen) atoms. The number of nitrogens with zero attached hydrogens (tertiary/aromatic N) is 1. The Morgan fingerprint density at radius 3 is 2.56 bits per heavy atom. The maximum Gasteiger partial charge on any atom is 0.223 e. The van der Waals surface area contributed by atoms with Crippen molar-refractivity contribution in [2.45, 2.75) is 65.0 Å². The van der Waals surface area contributed by atoms with E-state index in [-0.39, 0.29) is 17.5 Å². The minimum Gasteiger partial charge on any atom is -0.336 e. The molecule has 0 spiro atoms. The van der Waals surface area contributed by atoms with Gasteiger partial charge in [0.2, 0.25) is 5.91 Å². The molecular formula is C13H26N2O. The van der Waals surface area contributed by atoms with Crippen LogP contribution in [-0.2, 0) is 4.79 Å². The SMILES string of the molecule is CC(C)CCCC(=O)N1CCC(N)C1(C)C. The zero-order chi connectivity index (χ0) is 12.3. The fourth-order valence-corrected chi connectivity index (χ4v) is 2.35. The van der Waals surface area contributed by atoms with Crippen molar-refractivity contribution in [3.63, 3.8) is 0 Å². The third-order valence-electron chi connectivity index (χ3n) is 3.74. The summed E-state index contributed by atoms with van der Waals surface area (Å²) < 4.78 is 0. The summed E-state index contributed by atoms with van der Waals surface area (Å²) in [6, 6.07) is 0.126. The minimum absolute atomic E-state index is 0.126. The third-order valence-corrected chi connectivity index (χ3v) is 3.74. The fraction of sp³-hybridized carbons (Fsp3) is 0.923. The van der Waals surface area contributed by atoms with Crippen LogP contribution in [0.25, 0.3) is 0 Å².